The average molecular weight is 441 g/mol. The Morgan fingerprint density at radius 3 is 2.33 bits per heavy atom. The lowest BCUT2D eigenvalue weighted by Crippen LogP contribution is -2.41. The van der Waals surface area contributed by atoms with E-state index in [2.05, 4.69) is 11.1 Å². The monoisotopic (exact) mass is 441 g/mol. The van der Waals surface area contributed by atoms with Crippen LogP contribution in [0.25, 0.3) is 22.4 Å². The summed E-state index contributed by atoms with van der Waals surface area (Å²) in [6.45, 7) is 1.03. The van der Waals surface area contributed by atoms with E-state index in [1.54, 1.807) is 59.2 Å². The molecular formula is C24H19N5O4. The fourth-order valence-corrected chi connectivity index (χ4v) is 3.91. The van der Waals surface area contributed by atoms with Crippen molar-refractivity contribution in [2.45, 2.75) is 0 Å². The minimum atomic E-state index is -0.312. The number of rotatable bonds is 4. The summed E-state index contributed by atoms with van der Waals surface area (Å²) in [7, 11) is 1.58. The molecular weight excluding hydrogens is 422 g/mol. The average Bonchev–Trinajstić information content (AvgIpc) is 3.24. The Morgan fingerprint density at radius 1 is 1.00 bits per heavy atom. The molecule has 0 N–H and O–H groups in total. The Balaban J connectivity index is 1.60. The van der Waals surface area contributed by atoms with Gasteiger partial charge in [0.2, 0.25) is 0 Å². The molecule has 1 saturated heterocycles. The van der Waals surface area contributed by atoms with Crippen LogP contribution in [0.2, 0.25) is 0 Å². The van der Waals surface area contributed by atoms with Gasteiger partial charge in [-0.1, -0.05) is 0 Å². The second-order valence-electron chi connectivity index (χ2n) is 7.45. The Hall–Kier alpha value is -4.42. The zero-order chi connectivity index (χ0) is 22.9. The standard InChI is InChI=1S/C24H19N5O4/c1-32-20-8-6-18(7-9-20)28-13-16(12-25)22-23(28)24(31)29(15-26-22)19-4-2-17(3-5-19)27-10-11-33-14-21(27)30/h2-9,13,15H,10-11,14H2,1H3. The first kappa shape index (κ1) is 20.5. The van der Waals surface area contributed by atoms with Gasteiger partial charge < -0.3 is 18.9 Å². The molecule has 0 spiro atoms. The molecule has 33 heavy (non-hydrogen) atoms. The van der Waals surface area contributed by atoms with Crippen molar-refractivity contribution in [3.63, 3.8) is 0 Å². The van der Waals surface area contributed by atoms with Crippen molar-refractivity contribution in [1.29, 1.82) is 5.26 Å². The van der Waals surface area contributed by atoms with E-state index in [1.165, 1.54) is 10.9 Å². The van der Waals surface area contributed by atoms with Gasteiger partial charge in [-0.15, -0.1) is 0 Å². The maximum Gasteiger partial charge on any atom is 0.282 e. The van der Waals surface area contributed by atoms with Gasteiger partial charge in [0.05, 0.1) is 25.0 Å². The number of morpholine rings is 1. The van der Waals surface area contributed by atoms with Crippen LogP contribution in [0.1, 0.15) is 5.56 Å². The van der Waals surface area contributed by atoms with Gasteiger partial charge in [-0.05, 0) is 48.5 Å². The largest absolute Gasteiger partial charge is 0.497 e. The highest BCUT2D eigenvalue weighted by molar-refractivity contribution is 5.95. The van der Waals surface area contributed by atoms with E-state index in [1.807, 2.05) is 12.1 Å². The number of nitrogens with zero attached hydrogens (tertiary/aromatic N) is 5. The quantitative estimate of drug-likeness (QED) is 0.482. The third-order valence-corrected chi connectivity index (χ3v) is 5.60. The third-order valence-electron chi connectivity index (χ3n) is 5.60. The maximum atomic E-state index is 13.5. The van der Waals surface area contributed by atoms with Crippen LogP contribution in [0, 0.1) is 11.3 Å². The fraction of sp³-hybridized carbons (Fsp3) is 0.167. The van der Waals surface area contributed by atoms with Crippen molar-refractivity contribution >= 4 is 22.6 Å². The second kappa shape index (κ2) is 8.26. The summed E-state index contributed by atoms with van der Waals surface area (Å²) >= 11 is 0. The highest BCUT2D eigenvalue weighted by Gasteiger charge is 2.21. The van der Waals surface area contributed by atoms with Crippen LogP contribution >= 0.6 is 0 Å². The van der Waals surface area contributed by atoms with Gasteiger partial charge in [0.25, 0.3) is 11.5 Å². The lowest BCUT2D eigenvalue weighted by atomic mass is 10.2. The summed E-state index contributed by atoms with van der Waals surface area (Å²) in [6.07, 6.45) is 3.02. The molecule has 1 amide bonds. The van der Waals surface area contributed by atoms with Gasteiger partial charge in [0, 0.05) is 24.1 Å². The van der Waals surface area contributed by atoms with E-state index in [9.17, 15) is 14.9 Å². The predicted molar refractivity (Wildman–Crippen MR) is 121 cm³/mol. The number of methoxy groups -OCH3 is 1. The number of nitriles is 1. The summed E-state index contributed by atoms with van der Waals surface area (Å²) < 4.78 is 13.5. The molecule has 1 aliphatic heterocycles. The van der Waals surface area contributed by atoms with Gasteiger partial charge in [-0.25, -0.2) is 4.98 Å². The number of carbonyl (C=O) groups excluding carboxylic acids is 1. The van der Waals surface area contributed by atoms with E-state index >= 15 is 0 Å². The normalized spacial score (nSPS) is 13.8. The summed E-state index contributed by atoms with van der Waals surface area (Å²) in [5.41, 5.74) is 2.68. The van der Waals surface area contributed by atoms with Gasteiger partial charge in [0.1, 0.15) is 35.8 Å². The van der Waals surface area contributed by atoms with Crippen molar-refractivity contribution in [3.05, 3.63) is 77.0 Å². The number of ether oxygens (including phenoxy) is 2. The lowest BCUT2D eigenvalue weighted by molar-refractivity contribution is -0.125. The van der Waals surface area contributed by atoms with Crippen molar-refractivity contribution in [1.82, 2.24) is 14.1 Å². The number of hydrogen-bond acceptors (Lipinski definition) is 6. The molecule has 0 saturated carbocycles. The van der Waals surface area contributed by atoms with Gasteiger partial charge in [-0.3, -0.25) is 14.2 Å². The number of hydrogen-bond donors (Lipinski definition) is 0. The third kappa shape index (κ3) is 3.52. The van der Waals surface area contributed by atoms with E-state index in [0.29, 0.717) is 46.9 Å². The van der Waals surface area contributed by atoms with Crippen LogP contribution in [-0.4, -0.2) is 46.9 Å². The molecule has 0 atom stereocenters. The van der Waals surface area contributed by atoms with E-state index in [-0.39, 0.29) is 18.1 Å². The number of fused-ring (bicyclic) bond motifs is 1. The minimum absolute atomic E-state index is 0.0609. The first-order valence-corrected chi connectivity index (χ1v) is 10.3. The van der Waals surface area contributed by atoms with Crippen LogP contribution < -0.4 is 15.2 Å². The topological polar surface area (TPSA) is 102 Å². The molecule has 164 valence electrons. The predicted octanol–water partition coefficient (Wildman–Crippen LogP) is 2.42. The maximum absolute atomic E-state index is 13.5. The Labute approximate surface area is 188 Å². The molecule has 9 nitrogen and oxygen atoms in total. The van der Waals surface area contributed by atoms with E-state index in [0.717, 1.165) is 5.69 Å². The highest BCUT2D eigenvalue weighted by Crippen LogP contribution is 2.23. The molecule has 0 unspecified atom stereocenters. The Kier molecular flexibility index (Phi) is 5.12. The summed E-state index contributed by atoms with van der Waals surface area (Å²) in [5.74, 6) is 0.584. The van der Waals surface area contributed by atoms with Gasteiger partial charge in [0.15, 0.2) is 0 Å². The zero-order valence-corrected chi connectivity index (χ0v) is 17.8. The smallest absolute Gasteiger partial charge is 0.282 e. The number of amides is 1. The molecule has 1 fully saturated rings. The number of anilines is 1. The lowest BCUT2D eigenvalue weighted by Gasteiger charge is -2.26. The van der Waals surface area contributed by atoms with Gasteiger partial charge >= 0.3 is 0 Å². The minimum Gasteiger partial charge on any atom is -0.497 e. The number of benzene rings is 2. The first-order chi connectivity index (χ1) is 16.1. The summed E-state index contributed by atoms with van der Waals surface area (Å²) in [6, 6.07) is 16.4. The highest BCUT2D eigenvalue weighted by atomic mass is 16.5. The molecule has 3 heterocycles. The van der Waals surface area contributed by atoms with Crippen molar-refractivity contribution in [2.24, 2.45) is 0 Å². The SMILES string of the molecule is COc1ccc(-n2cc(C#N)c3ncn(-c4ccc(N5CCOCC5=O)cc4)c(=O)c32)cc1. The molecule has 2 aromatic carbocycles. The van der Waals surface area contributed by atoms with Crippen molar-refractivity contribution < 1.29 is 14.3 Å². The molecule has 1 aliphatic rings. The molecule has 4 aromatic rings. The van der Waals surface area contributed by atoms with Crippen molar-refractivity contribution in [3.8, 4) is 23.2 Å². The summed E-state index contributed by atoms with van der Waals surface area (Å²) in [4.78, 5) is 31.7. The second-order valence-corrected chi connectivity index (χ2v) is 7.45. The van der Waals surface area contributed by atoms with Crippen LogP contribution in [0.4, 0.5) is 5.69 Å². The molecule has 0 aliphatic carbocycles. The molecule has 9 heteroatoms. The molecule has 0 radical (unpaired) electrons. The van der Waals surface area contributed by atoms with Gasteiger partial charge in [-0.2, -0.15) is 5.26 Å². The van der Waals surface area contributed by atoms with Crippen LogP contribution in [0.3, 0.4) is 0 Å². The molecule has 2 aromatic heterocycles. The summed E-state index contributed by atoms with van der Waals surface area (Å²) in [5, 5.41) is 9.56. The number of aromatic nitrogens is 3. The number of carbonyl (C=O) groups is 1. The van der Waals surface area contributed by atoms with E-state index < -0.39 is 0 Å². The fourth-order valence-electron chi connectivity index (χ4n) is 3.91. The Morgan fingerprint density at radius 2 is 1.67 bits per heavy atom. The van der Waals surface area contributed by atoms with Crippen LogP contribution in [0.5, 0.6) is 5.75 Å². The zero-order valence-electron chi connectivity index (χ0n) is 17.8. The van der Waals surface area contributed by atoms with Crippen LogP contribution in [-0.2, 0) is 9.53 Å². The van der Waals surface area contributed by atoms with Crippen LogP contribution in [0.15, 0.2) is 65.8 Å². The first-order valence-electron chi connectivity index (χ1n) is 10.3. The van der Waals surface area contributed by atoms with E-state index in [4.69, 9.17) is 9.47 Å². The molecule has 5 rings (SSSR count). The molecule has 0 bridgehead atoms. The Bertz CT molecular complexity index is 1450. The van der Waals surface area contributed by atoms with Crippen molar-refractivity contribution in [2.75, 3.05) is 31.8 Å².